The van der Waals surface area contributed by atoms with Crippen LogP contribution >= 0.6 is 0 Å². The predicted octanol–water partition coefficient (Wildman–Crippen LogP) is 3.14. The number of nitrogens with zero attached hydrogens (tertiary/aromatic N) is 1. The number of carbonyl (C=O) groups is 2. The number of amides is 2. The lowest BCUT2D eigenvalue weighted by Gasteiger charge is -2.22. The Hall–Kier alpha value is -3.02. The van der Waals surface area contributed by atoms with Crippen molar-refractivity contribution in [2.45, 2.75) is 19.5 Å². The van der Waals surface area contributed by atoms with E-state index in [-0.39, 0.29) is 18.0 Å². The van der Waals surface area contributed by atoms with Gasteiger partial charge in [-0.2, -0.15) is 0 Å². The van der Waals surface area contributed by atoms with Gasteiger partial charge in [-0.25, -0.2) is 8.78 Å². The van der Waals surface area contributed by atoms with Crippen molar-refractivity contribution in [3.63, 3.8) is 0 Å². The van der Waals surface area contributed by atoms with E-state index < -0.39 is 23.6 Å². The minimum absolute atomic E-state index is 0.0228. The molecule has 26 heavy (non-hydrogen) atoms. The smallest absolute Gasteiger partial charge is 0.244 e. The van der Waals surface area contributed by atoms with Crippen LogP contribution in [-0.4, -0.2) is 29.8 Å². The van der Waals surface area contributed by atoms with Gasteiger partial charge in [-0.15, -0.1) is 0 Å². The fraction of sp³-hybridized carbons (Fsp3) is 0.200. The van der Waals surface area contributed by atoms with Crippen LogP contribution in [0.1, 0.15) is 18.1 Å². The normalized spacial score (nSPS) is 12.0. The molecule has 0 aromatic heterocycles. The third-order valence-electron chi connectivity index (χ3n) is 3.75. The molecule has 2 amide bonds. The molecule has 0 heterocycles. The topological polar surface area (TPSA) is 49.4 Å². The average Bonchev–Trinajstić information content (AvgIpc) is 2.62. The molecular formula is C20H20F2N2O2. The Morgan fingerprint density at radius 3 is 2.50 bits per heavy atom. The van der Waals surface area contributed by atoms with E-state index in [0.717, 1.165) is 17.7 Å². The van der Waals surface area contributed by atoms with Crippen molar-refractivity contribution in [3.05, 3.63) is 77.4 Å². The number of nitrogens with one attached hydrogen (secondary N) is 1. The van der Waals surface area contributed by atoms with Crippen molar-refractivity contribution < 1.29 is 18.4 Å². The van der Waals surface area contributed by atoms with Gasteiger partial charge in [0.25, 0.3) is 0 Å². The molecule has 0 spiro atoms. The molecule has 0 aliphatic heterocycles. The van der Waals surface area contributed by atoms with E-state index in [4.69, 9.17) is 0 Å². The minimum Gasteiger partial charge on any atom is -0.341 e. The molecule has 0 saturated heterocycles. The van der Waals surface area contributed by atoms with E-state index in [0.29, 0.717) is 0 Å². The lowest BCUT2D eigenvalue weighted by Crippen LogP contribution is -2.44. The van der Waals surface area contributed by atoms with Gasteiger partial charge in [-0.05, 0) is 24.6 Å². The summed E-state index contributed by atoms with van der Waals surface area (Å²) < 4.78 is 26.6. The molecule has 0 aliphatic rings. The fourth-order valence-corrected chi connectivity index (χ4v) is 2.37. The van der Waals surface area contributed by atoms with Crippen LogP contribution in [0.15, 0.2) is 54.6 Å². The standard InChI is InChI=1S/C20H20F2N2O2/c1-14(23-19(25)11-8-15-6-4-3-5-7-15)20(26)24(2)13-16-9-10-17(21)12-18(16)22/h3-12,14H,13H2,1-2H3,(H,23,25)/b11-8+. The second-order valence-corrected chi connectivity index (χ2v) is 5.90. The highest BCUT2D eigenvalue weighted by atomic mass is 19.1. The van der Waals surface area contributed by atoms with E-state index in [2.05, 4.69) is 5.32 Å². The number of benzene rings is 2. The number of carbonyl (C=O) groups excluding carboxylic acids is 2. The zero-order chi connectivity index (χ0) is 19.1. The van der Waals surface area contributed by atoms with Gasteiger partial charge in [0, 0.05) is 31.3 Å². The molecule has 2 rings (SSSR count). The maximum absolute atomic E-state index is 13.7. The van der Waals surface area contributed by atoms with Gasteiger partial charge in [0.15, 0.2) is 0 Å². The van der Waals surface area contributed by atoms with Crippen LogP contribution in [0.3, 0.4) is 0 Å². The fourth-order valence-electron chi connectivity index (χ4n) is 2.37. The van der Waals surface area contributed by atoms with E-state index >= 15 is 0 Å². The van der Waals surface area contributed by atoms with Gasteiger partial charge in [-0.1, -0.05) is 36.4 Å². The molecule has 0 fully saturated rings. The predicted molar refractivity (Wildman–Crippen MR) is 95.9 cm³/mol. The Labute approximate surface area is 151 Å². The molecule has 2 aromatic rings. The number of halogens is 2. The lowest BCUT2D eigenvalue weighted by molar-refractivity contribution is -0.134. The summed E-state index contributed by atoms with van der Waals surface area (Å²) in [5.41, 5.74) is 1.07. The Bertz CT molecular complexity index is 807. The van der Waals surface area contributed by atoms with Crippen LogP contribution in [-0.2, 0) is 16.1 Å². The van der Waals surface area contributed by atoms with Crippen molar-refractivity contribution >= 4 is 17.9 Å². The Morgan fingerprint density at radius 1 is 1.15 bits per heavy atom. The summed E-state index contributed by atoms with van der Waals surface area (Å²) in [4.78, 5) is 25.5. The zero-order valence-electron chi connectivity index (χ0n) is 14.6. The van der Waals surface area contributed by atoms with Crippen molar-refractivity contribution in [1.82, 2.24) is 10.2 Å². The number of rotatable bonds is 6. The van der Waals surface area contributed by atoms with E-state index in [1.54, 1.807) is 13.0 Å². The molecule has 1 unspecified atom stereocenters. The van der Waals surface area contributed by atoms with Gasteiger partial charge in [-0.3, -0.25) is 9.59 Å². The van der Waals surface area contributed by atoms with Crippen LogP contribution in [0.2, 0.25) is 0 Å². The molecule has 1 N–H and O–H groups in total. The molecule has 6 heteroatoms. The molecule has 1 atom stereocenters. The molecule has 0 bridgehead atoms. The summed E-state index contributed by atoms with van der Waals surface area (Å²) in [6.45, 7) is 1.53. The van der Waals surface area contributed by atoms with Crippen LogP contribution < -0.4 is 5.32 Å². The van der Waals surface area contributed by atoms with Gasteiger partial charge in [0.05, 0.1) is 0 Å². The first-order valence-electron chi connectivity index (χ1n) is 8.09. The van der Waals surface area contributed by atoms with Gasteiger partial charge < -0.3 is 10.2 Å². The maximum Gasteiger partial charge on any atom is 0.244 e. The maximum atomic E-state index is 13.7. The van der Waals surface area contributed by atoms with Crippen molar-refractivity contribution in [3.8, 4) is 0 Å². The second kappa shape index (κ2) is 8.89. The first-order chi connectivity index (χ1) is 12.4. The Morgan fingerprint density at radius 2 is 1.85 bits per heavy atom. The first-order valence-corrected chi connectivity index (χ1v) is 8.09. The van der Waals surface area contributed by atoms with Gasteiger partial charge in [0.1, 0.15) is 17.7 Å². The summed E-state index contributed by atoms with van der Waals surface area (Å²) in [7, 11) is 1.49. The Kier molecular flexibility index (Phi) is 6.60. The lowest BCUT2D eigenvalue weighted by atomic mass is 10.2. The van der Waals surface area contributed by atoms with E-state index in [9.17, 15) is 18.4 Å². The van der Waals surface area contributed by atoms with E-state index in [1.165, 1.54) is 24.1 Å². The summed E-state index contributed by atoms with van der Waals surface area (Å²) in [6.07, 6.45) is 2.99. The second-order valence-electron chi connectivity index (χ2n) is 5.90. The van der Waals surface area contributed by atoms with Crippen molar-refractivity contribution in [2.24, 2.45) is 0 Å². The third-order valence-corrected chi connectivity index (χ3v) is 3.75. The highest BCUT2D eigenvalue weighted by Gasteiger charge is 2.19. The van der Waals surface area contributed by atoms with Gasteiger partial charge in [0.2, 0.25) is 11.8 Å². The minimum atomic E-state index is -0.781. The molecule has 136 valence electrons. The number of hydrogen-bond acceptors (Lipinski definition) is 2. The zero-order valence-corrected chi connectivity index (χ0v) is 14.6. The summed E-state index contributed by atoms with van der Waals surface area (Å²) in [5, 5.41) is 2.57. The molecular weight excluding hydrogens is 338 g/mol. The Balaban J connectivity index is 1.91. The van der Waals surface area contributed by atoms with Crippen molar-refractivity contribution in [1.29, 1.82) is 0 Å². The number of likely N-dealkylation sites (N-methyl/N-ethyl adjacent to an activating group) is 1. The van der Waals surface area contributed by atoms with Gasteiger partial charge >= 0.3 is 0 Å². The highest BCUT2D eigenvalue weighted by Crippen LogP contribution is 2.12. The van der Waals surface area contributed by atoms with Crippen LogP contribution in [0.25, 0.3) is 6.08 Å². The highest BCUT2D eigenvalue weighted by molar-refractivity contribution is 5.95. The van der Waals surface area contributed by atoms with Crippen LogP contribution in [0.4, 0.5) is 8.78 Å². The first kappa shape index (κ1) is 19.3. The number of hydrogen-bond donors (Lipinski definition) is 1. The summed E-state index contributed by atoms with van der Waals surface area (Å²) >= 11 is 0. The van der Waals surface area contributed by atoms with Crippen LogP contribution in [0.5, 0.6) is 0 Å². The monoisotopic (exact) mass is 358 g/mol. The summed E-state index contributed by atoms with van der Waals surface area (Å²) in [5.74, 6) is -2.18. The van der Waals surface area contributed by atoms with E-state index in [1.807, 2.05) is 30.3 Å². The quantitative estimate of drug-likeness (QED) is 0.807. The van der Waals surface area contributed by atoms with Crippen molar-refractivity contribution in [2.75, 3.05) is 7.05 Å². The SMILES string of the molecule is CC(NC(=O)/C=C/c1ccccc1)C(=O)N(C)Cc1ccc(F)cc1F. The molecule has 0 aliphatic carbocycles. The van der Waals surface area contributed by atoms with Crippen LogP contribution in [0, 0.1) is 11.6 Å². The average molecular weight is 358 g/mol. The molecule has 4 nitrogen and oxygen atoms in total. The molecule has 0 saturated carbocycles. The third kappa shape index (κ3) is 5.51. The largest absolute Gasteiger partial charge is 0.341 e. The molecule has 2 aromatic carbocycles. The summed E-state index contributed by atoms with van der Waals surface area (Å²) in [6, 6.07) is 11.7. The molecule has 0 radical (unpaired) electrons.